The van der Waals surface area contributed by atoms with Gasteiger partial charge in [0.1, 0.15) is 19.8 Å². The van der Waals surface area contributed by atoms with Crippen molar-refractivity contribution in [3.8, 4) is 0 Å². The first-order chi connectivity index (χ1) is 23.0. The van der Waals surface area contributed by atoms with Crippen LogP contribution in [0.25, 0.3) is 0 Å². The quantitative estimate of drug-likeness (QED) is 0.0174. The minimum absolute atomic E-state index is 0.0302. The lowest BCUT2D eigenvalue weighted by Crippen LogP contribution is -2.37. The number of esters is 2. The van der Waals surface area contributed by atoms with Gasteiger partial charge in [0.05, 0.1) is 27.7 Å². The van der Waals surface area contributed by atoms with Gasteiger partial charge in [-0.05, 0) is 38.5 Å². The molecule has 0 radical (unpaired) electrons. The zero-order valence-corrected chi connectivity index (χ0v) is 32.3. The number of allylic oxidation sites excluding steroid dienone is 2. The average molecular weight is 704 g/mol. The highest BCUT2D eigenvalue weighted by molar-refractivity contribution is 7.47. The number of rotatable bonds is 35. The van der Waals surface area contributed by atoms with E-state index >= 15 is 0 Å². The maximum absolute atomic E-state index is 12.6. The number of carbonyl (C=O) groups is 2. The number of hydrogen-bond acceptors (Lipinski definition) is 7. The maximum Gasteiger partial charge on any atom is 0.472 e. The summed E-state index contributed by atoms with van der Waals surface area (Å²) in [5.41, 5.74) is 0. The van der Waals surface area contributed by atoms with Crippen LogP contribution < -0.4 is 0 Å². The molecule has 0 saturated carbocycles. The number of nitrogens with zero attached hydrogens (tertiary/aromatic N) is 1. The van der Waals surface area contributed by atoms with E-state index in [9.17, 15) is 19.0 Å². The molecule has 0 rings (SSSR count). The Morgan fingerprint density at radius 3 is 1.69 bits per heavy atom. The Kier molecular flexibility index (Phi) is 30.9. The molecule has 1 unspecified atom stereocenters. The SMILES string of the molecule is [CH2-]CCCCCCCCCCC(=O)OC[C@@H](COP(=O)(O)OCC[N+](C)(C)C)OC(=O)CCCCCCC/C=C/CCCCCCCC. The Labute approximate surface area is 295 Å². The fourth-order valence-corrected chi connectivity index (χ4v) is 5.85. The fourth-order valence-electron chi connectivity index (χ4n) is 5.11. The first-order valence-corrected chi connectivity index (χ1v) is 20.7. The Bertz CT molecular complexity index is 845. The van der Waals surface area contributed by atoms with Gasteiger partial charge in [0.2, 0.25) is 0 Å². The highest BCUT2D eigenvalue weighted by Crippen LogP contribution is 2.43. The lowest BCUT2D eigenvalue weighted by molar-refractivity contribution is -0.870. The molecule has 0 heterocycles. The summed E-state index contributed by atoms with van der Waals surface area (Å²) in [6.07, 6.45) is 29.1. The molecule has 0 fully saturated rings. The van der Waals surface area contributed by atoms with Crippen LogP contribution in [0.4, 0.5) is 0 Å². The minimum atomic E-state index is -4.36. The first-order valence-electron chi connectivity index (χ1n) is 19.2. The summed E-state index contributed by atoms with van der Waals surface area (Å²) in [6, 6.07) is 0. The molecule has 1 N–H and O–H groups in total. The molecule has 0 amide bonds. The summed E-state index contributed by atoms with van der Waals surface area (Å²) in [4.78, 5) is 35.1. The van der Waals surface area contributed by atoms with Gasteiger partial charge in [0.25, 0.3) is 0 Å². The number of quaternary nitrogens is 1. The van der Waals surface area contributed by atoms with Crippen LogP contribution in [0.5, 0.6) is 0 Å². The van der Waals surface area contributed by atoms with Crippen molar-refractivity contribution < 1.29 is 42.1 Å². The molecule has 0 saturated heterocycles. The Balaban J connectivity index is 4.42. The van der Waals surface area contributed by atoms with Crippen LogP contribution in [0.2, 0.25) is 0 Å². The van der Waals surface area contributed by atoms with Gasteiger partial charge in [-0.1, -0.05) is 115 Å². The summed E-state index contributed by atoms with van der Waals surface area (Å²) in [5.74, 6) is -0.818. The third-order valence-corrected chi connectivity index (χ3v) is 9.18. The molecule has 0 aromatic rings. The molecule has 0 aromatic carbocycles. The third-order valence-electron chi connectivity index (χ3n) is 8.19. The van der Waals surface area contributed by atoms with Gasteiger partial charge in [-0.15, -0.1) is 0 Å². The molecule has 0 spiro atoms. The van der Waals surface area contributed by atoms with Crippen molar-refractivity contribution in [1.29, 1.82) is 0 Å². The van der Waals surface area contributed by atoms with E-state index in [0.717, 1.165) is 64.2 Å². The van der Waals surface area contributed by atoms with Crippen LogP contribution in [-0.2, 0) is 32.7 Å². The van der Waals surface area contributed by atoms with Crippen LogP contribution in [0.1, 0.15) is 161 Å². The normalized spacial score (nSPS) is 13.9. The zero-order valence-electron chi connectivity index (χ0n) is 31.4. The van der Waals surface area contributed by atoms with Gasteiger partial charge >= 0.3 is 19.8 Å². The number of unbranched alkanes of at least 4 members (excludes halogenated alkanes) is 19. The van der Waals surface area contributed by atoms with Crippen molar-refractivity contribution in [3.63, 3.8) is 0 Å². The number of phosphoric acid groups is 1. The molecular weight excluding hydrogens is 629 g/mol. The molecule has 10 heteroatoms. The lowest BCUT2D eigenvalue weighted by Gasteiger charge is -2.24. The summed E-state index contributed by atoms with van der Waals surface area (Å²) in [5, 5.41) is 0. The lowest BCUT2D eigenvalue weighted by atomic mass is 10.1. The number of phosphoric ester groups is 1. The van der Waals surface area contributed by atoms with Gasteiger partial charge < -0.3 is 25.8 Å². The Morgan fingerprint density at radius 2 is 1.17 bits per heavy atom. The summed E-state index contributed by atoms with van der Waals surface area (Å²) in [6.45, 7) is 6.02. The second kappa shape index (κ2) is 31.7. The van der Waals surface area contributed by atoms with E-state index in [1.54, 1.807) is 0 Å². The van der Waals surface area contributed by atoms with E-state index in [-0.39, 0.29) is 32.0 Å². The minimum Gasteiger partial charge on any atom is -0.462 e. The molecule has 284 valence electrons. The molecule has 9 nitrogen and oxygen atoms in total. The molecule has 0 aliphatic heterocycles. The zero-order chi connectivity index (χ0) is 35.8. The summed E-state index contributed by atoms with van der Waals surface area (Å²) in [7, 11) is 1.47. The first kappa shape index (κ1) is 46.8. The number of carbonyl (C=O) groups excluding carboxylic acids is 2. The van der Waals surface area contributed by atoms with Crippen molar-refractivity contribution in [2.24, 2.45) is 0 Å². The fraction of sp³-hybridized carbons (Fsp3) is 0.868. The monoisotopic (exact) mass is 704 g/mol. The van der Waals surface area contributed by atoms with Gasteiger partial charge in [-0.2, -0.15) is 6.42 Å². The van der Waals surface area contributed by atoms with E-state index in [1.165, 1.54) is 70.6 Å². The predicted molar refractivity (Wildman–Crippen MR) is 196 cm³/mol. The number of ether oxygens (including phenoxy) is 2. The van der Waals surface area contributed by atoms with E-state index in [4.69, 9.17) is 18.5 Å². The van der Waals surface area contributed by atoms with E-state index in [2.05, 4.69) is 26.0 Å². The van der Waals surface area contributed by atoms with Crippen molar-refractivity contribution in [3.05, 3.63) is 19.1 Å². The number of hydrogen-bond donors (Lipinski definition) is 1. The molecule has 2 atom stereocenters. The third kappa shape index (κ3) is 34.6. The van der Waals surface area contributed by atoms with Crippen LogP contribution in [0.15, 0.2) is 12.2 Å². The molecule has 0 aliphatic rings. The molecule has 0 aromatic heterocycles. The van der Waals surface area contributed by atoms with E-state index in [0.29, 0.717) is 17.4 Å². The highest BCUT2D eigenvalue weighted by atomic mass is 31.2. The second-order valence-corrected chi connectivity index (χ2v) is 15.6. The summed E-state index contributed by atoms with van der Waals surface area (Å²) < 4.78 is 34.1. The summed E-state index contributed by atoms with van der Waals surface area (Å²) >= 11 is 0. The van der Waals surface area contributed by atoms with Crippen molar-refractivity contribution >= 4 is 19.8 Å². The van der Waals surface area contributed by atoms with Crippen LogP contribution >= 0.6 is 7.82 Å². The van der Waals surface area contributed by atoms with E-state index in [1.807, 2.05) is 21.1 Å². The van der Waals surface area contributed by atoms with Gasteiger partial charge in [0, 0.05) is 12.8 Å². The van der Waals surface area contributed by atoms with Gasteiger partial charge in [-0.25, -0.2) is 4.57 Å². The molecular formula is C38H74NO8P. The molecule has 0 bridgehead atoms. The highest BCUT2D eigenvalue weighted by Gasteiger charge is 2.27. The Hall–Kier alpha value is -1.25. The van der Waals surface area contributed by atoms with Crippen molar-refractivity contribution in [1.82, 2.24) is 0 Å². The number of likely N-dealkylation sites (N-methyl/N-ethyl adjacent to an activating group) is 1. The largest absolute Gasteiger partial charge is 0.472 e. The standard InChI is InChI=1S/C38H74NO8P/c1-6-8-10-12-14-16-17-18-19-20-21-23-25-27-29-31-38(41)47-36(35-46-48(42,43)45-33-32-39(3,4)5)34-44-37(40)30-28-26-24-22-15-13-11-9-7-2/h18-19,36H,2,6-17,20-35H2,1,3-5H3,(H,42,43)/b19-18+/t36-/m0/s1. The van der Waals surface area contributed by atoms with Gasteiger partial charge in [0.15, 0.2) is 6.10 Å². The van der Waals surface area contributed by atoms with Crippen molar-refractivity contribution in [2.75, 3.05) is 47.5 Å². The van der Waals surface area contributed by atoms with Crippen LogP contribution in [0, 0.1) is 6.92 Å². The smallest absolute Gasteiger partial charge is 0.462 e. The molecule has 0 aliphatic carbocycles. The van der Waals surface area contributed by atoms with Crippen LogP contribution in [-0.4, -0.2) is 74.9 Å². The van der Waals surface area contributed by atoms with E-state index < -0.39 is 26.5 Å². The van der Waals surface area contributed by atoms with Crippen molar-refractivity contribution in [2.45, 2.75) is 167 Å². The van der Waals surface area contributed by atoms with Crippen LogP contribution in [0.3, 0.4) is 0 Å². The average Bonchev–Trinajstić information content (AvgIpc) is 3.02. The second-order valence-electron chi connectivity index (χ2n) is 14.2. The molecule has 48 heavy (non-hydrogen) atoms. The topological polar surface area (TPSA) is 108 Å². The van der Waals surface area contributed by atoms with Gasteiger partial charge in [-0.3, -0.25) is 18.6 Å². The predicted octanol–water partition coefficient (Wildman–Crippen LogP) is 10.1. The maximum atomic E-state index is 12.6. The Morgan fingerprint density at radius 1 is 0.688 bits per heavy atom.